The van der Waals surface area contributed by atoms with Gasteiger partial charge in [0.15, 0.2) is 0 Å². The van der Waals surface area contributed by atoms with Gasteiger partial charge in [-0.3, -0.25) is 4.79 Å². The third-order valence-electron chi connectivity index (χ3n) is 4.83. The Hall–Kier alpha value is -3.02. The van der Waals surface area contributed by atoms with E-state index in [2.05, 4.69) is 11.9 Å². The topological polar surface area (TPSA) is 49.3 Å². The van der Waals surface area contributed by atoms with Gasteiger partial charge in [0, 0.05) is 17.7 Å². The van der Waals surface area contributed by atoms with Gasteiger partial charge in [0.05, 0.1) is 6.42 Å². The van der Waals surface area contributed by atoms with Crippen LogP contribution in [0.1, 0.15) is 30.9 Å². The van der Waals surface area contributed by atoms with Gasteiger partial charge in [-0.05, 0) is 41.8 Å². The molecule has 0 aliphatic heterocycles. The molecule has 186 valence electrons. The minimum atomic E-state index is -6.05. The maximum Gasteiger partial charge on any atom is 0.430 e. The van der Waals surface area contributed by atoms with Crippen LogP contribution in [0.25, 0.3) is 16.7 Å². The molecule has 0 bridgehead atoms. The Balaban J connectivity index is 2.40. The summed E-state index contributed by atoms with van der Waals surface area (Å²) < 4.78 is 116. The van der Waals surface area contributed by atoms with Crippen LogP contribution in [0, 0.1) is 0 Å². The average molecular weight is 499 g/mol. The summed E-state index contributed by atoms with van der Waals surface area (Å²) in [4.78, 5) is 11.6. The molecule has 2 rings (SSSR count). The fourth-order valence-electron chi connectivity index (χ4n) is 3.07. The minimum absolute atomic E-state index is 0.105. The standard InChI is InChI=1S/C22H18F9NO2/c1-12(2)17-11-14(20(34,21(26,27)28)22(29,30)31)5-8-16(17)13-3-6-15(7-4-13)32-18(33)9-10-19(23,24)25/h3-8,11,34H,1,9-10H2,2H3,(H,32,33). The number of aliphatic hydroxyl groups is 1. The fourth-order valence-corrected chi connectivity index (χ4v) is 3.07. The first-order chi connectivity index (χ1) is 15.4. The molecule has 0 saturated carbocycles. The van der Waals surface area contributed by atoms with Crippen molar-refractivity contribution in [3.05, 3.63) is 60.2 Å². The molecule has 3 nitrogen and oxygen atoms in total. The SMILES string of the molecule is C=C(C)c1cc(C(O)(C(F)(F)F)C(F)(F)F)ccc1-c1ccc(NC(=O)CCC(F)(F)F)cc1. The van der Waals surface area contributed by atoms with Crippen molar-refractivity contribution in [1.29, 1.82) is 0 Å². The van der Waals surface area contributed by atoms with E-state index in [4.69, 9.17) is 0 Å². The number of amides is 1. The zero-order valence-electron chi connectivity index (χ0n) is 17.4. The number of anilines is 1. The third-order valence-corrected chi connectivity index (χ3v) is 4.83. The molecule has 0 heterocycles. The molecule has 0 saturated heterocycles. The molecule has 0 aliphatic carbocycles. The second-order valence-corrected chi connectivity index (χ2v) is 7.49. The van der Waals surface area contributed by atoms with Gasteiger partial charge in [0.1, 0.15) is 0 Å². The van der Waals surface area contributed by atoms with E-state index in [9.17, 15) is 49.4 Å². The maximum atomic E-state index is 13.2. The lowest BCUT2D eigenvalue weighted by atomic mass is 9.86. The highest BCUT2D eigenvalue weighted by Crippen LogP contribution is 2.50. The van der Waals surface area contributed by atoms with Crippen LogP contribution in [0.15, 0.2) is 49.0 Å². The minimum Gasteiger partial charge on any atom is -0.369 e. The van der Waals surface area contributed by atoms with Gasteiger partial charge < -0.3 is 10.4 Å². The van der Waals surface area contributed by atoms with E-state index in [1.807, 2.05) is 0 Å². The van der Waals surface area contributed by atoms with E-state index in [1.165, 1.54) is 31.2 Å². The average Bonchev–Trinajstić information content (AvgIpc) is 2.69. The Bertz CT molecular complexity index is 1040. The van der Waals surface area contributed by atoms with Crippen LogP contribution in [0.5, 0.6) is 0 Å². The summed E-state index contributed by atoms with van der Waals surface area (Å²) in [6, 6.07) is 7.33. The predicted octanol–water partition coefficient (Wildman–Crippen LogP) is 6.98. The molecule has 0 aliphatic rings. The van der Waals surface area contributed by atoms with Crippen molar-refractivity contribution in [3.63, 3.8) is 0 Å². The van der Waals surface area contributed by atoms with Crippen LogP contribution >= 0.6 is 0 Å². The summed E-state index contributed by atoms with van der Waals surface area (Å²) in [5.41, 5.74) is -5.93. The molecular formula is C22H18F9NO2. The molecule has 0 radical (unpaired) electrons. The Morgan fingerprint density at radius 2 is 1.44 bits per heavy atom. The molecule has 34 heavy (non-hydrogen) atoms. The molecule has 0 unspecified atom stereocenters. The highest BCUT2D eigenvalue weighted by Gasteiger charge is 2.71. The quantitative estimate of drug-likeness (QED) is 0.422. The number of alkyl halides is 9. The largest absolute Gasteiger partial charge is 0.430 e. The number of benzene rings is 2. The number of rotatable bonds is 6. The lowest BCUT2D eigenvalue weighted by Gasteiger charge is -2.33. The van der Waals surface area contributed by atoms with Crippen molar-refractivity contribution in [2.24, 2.45) is 0 Å². The zero-order chi connectivity index (χ0) is 26.1. The molecule has 2 N–H and O–H groups in total. The molecule has 2 aromatic rings. The molecule has 2 aromatic carbocycles. The van der Waals surface area contributed by atoms with Crippen molar-refractivity contribution in [3.8, 4) is 11.1 Å². The summed E-state index contributed by atoms with van der Waals surface area (Å²) in [6.45, 7) is 4.91. The smallest absolute Gasteiger partial charge is 0.369 e. The van der Waals surface area contributed by atoms with E-state index in [-0.39, 0.29) is 22.4 Å². The summed E-state index contributed by atoms with van der Waals surface area (Å²) in [7, 11) is 0. The second kappa shape index (κ2) is 9.32. The number of allylic oxidation sites excluding steroid dienone is 1. The van der Waals surface area contributed by atoms with Crippen LogP contribution in [-0.4, -0.2) is 29.5 Å². The van der Waals surface area contributed by atoms with Gasteiger partial charge >= 0.3 is 18.5 Å². The Labute approximate surface area is 187 Å². The zero-order valence-corrected chi connectivity index (χ0v) is 17.4. The number of nitrogens with one attached hydrogen (secondary N) is 1. The van der Waals surface area contributed by atoms with E-state index >= 15 is 0 Å². The van der Waals surface area contributed by atoms with Crippen molar-refractivity contribution in [2.75, 3.05) is 5.32 Å². The molecule has 0 atom stereocenters. The van der Waals surface area contributed by atoms with E-state index < -0.39 is 48.4 Å². The number of carbonyl (C=O) groups is 1. The van der Waals surface area contributed by atoms with Gasteiger partial charge in [-0.25, -0.2) is 0 Å². The molecular weight excluding hydrogens is 481 g/mol. The highest BCUT2D eigenvalue weighted by molar-refractivity contribution is 5.91. The predicted molar refractivity (Wildman–Crippen MR) is 107 cm³/mol. The fraction of sp³-hybridized carbons (Fsp3) is 0.318. The normalized spacial score (nSPS) is 13.0. The van der Waals surface area contributed by atoms with E-state index in [0.29, 0.717) is 17.7 Å². The third kappa shape index (κ3) is 5.91. The van der Waals surface area contributed by atoms with Crippen molar-refractivity contribution in [2.45, 2.75) is 43.9 Å². The molecule has 1 amide bonds. The van der Waals surface area contributed by atoms with Crippen LogP contribution in [0.3, 0.4) is 0 Å². The number of hydrogen-bond donors (Lipinski definition) is 2. The van der Waals surface area contributed by atoms with Crippen molar-refractivity contribution >= 4 is 17.2 Å². The van der Waals surface area contributed by atoms with Crippen LogP contribution < -0.4 is 5.32 Å². The lowest BCUT2D eigenvalue weighted by Crippen LogP contribution is -2.53. The number of halogens is 9. The van der Waals surface area contributed by atoms with E-state index in [1.54, 1.807) is 0 Å². The van der Waals surface area contributed by atoms with Gasteiger partial charge in [-0.15, -0.1) is 0 Å². The summed E-state index contributed by atoms with van der Waals surface area (Å²) >= 11 is 0. The summed E-state index contributed by atoms with van der Waals surface area (Å²) in [5.74, 6) is -0.893. The Morgan fingerprint density at radius 3 is 1.88 bits per heavy atom. The first kappa shape index (κ1) is 27.2. The van der Waals surface area contributed by atoms with Crippen molar-refractivity contribution in [1.82, 2.24) is 0 Å². The Morgan fingerprint density at radius 1 is 0.912 bits per heavy atom. The van der Waals surface area contributed by atoms with Crippen LogP contribution in [0.4, 0.5) is 45.2 Å². The number of carbonyl (C=O) groups excluding carboxylic acids is 1. The van der Waals surface area contributed by atoms with Gasteiger partial charge in [0.2, 0.25) is 5.91 Å². The van der Waals surface area contributed by atoms with Gasteiger partial charge in [0.25, 0.3) is 5.60 Å². The molecule has 0 spiro atoms. The Kier molecular flexibility index (Phi) is 7.46. The lowest BCUT2D eigenvalue weighted by molar-refractivity contribution is -0.376. The highest BCUT2D eigenvalue weighted by atomic mass is 19.4. The first-order valence-electron chi connectivity index (χ1n) is 9.50. The second-order valence-electron chi connectivity index (χ2n) is 7.49. The van der Waals surface area contributed by atoms with Crippen LogP contribution in [0.2, 0.25) is 0 Å². The monoisotopic (exact) mass is 499 g/mol. The van der Waals surface area contributed by atoms with Crippen molar-refractivity contribution < 1.29 is 49.4 Å². The first-order valence-corrected chi connectivity index (χ1v) is 9.50. The molecule has 12 heteroatoms. The van der Waals surface area contributed by atoms with Gasteiger partial charge in [-0.2, -0.15) is 39.5 Å². The molecule has 0 aromatic heterocycles. The summed E-state index contributed by atoms with van der Waals surface area (Å²) in [6.07, 6.45) is -18.7. The van der Waals surface area contributed by atoms with Crippen LogP contribution in [-0.2, 0) is 10.4 Å². The van der Waals surface area contributed by atoms with Gasteiger partial charge in [-0.1, -0.05) is 36.4 Å². The maximum absolute atomic E-state index is 13.2. The molecule has 0 fully saturated rings. The number of hydrogen-bond acceptors (Lipinski definition) is 2. The van der Waals surface area contributed by atoms with E-state index in [0.717, 1.165) is 6.07 Å². The summed E-state index contributed by atoms with van der Waals surface area (Å²) in [5, 5.41) is 11.9.